The number of rotatable bonds is 3. The Bertz CT molecular complexity index is 796. The number of hydrogen-bond donors (Lipinski definition) is 0. The van der Waals surface area contributed by atoms with Gasteiger partial charge in [0, 0.05) is 25.9 Å². The van der Waals surface area contributed by atoms with E-state index in [-0.39, 0.29) is 11.3 Å². The lowest BCUT2D eigenvalue weighted by molar-refractivity contribution is 0.103. The zero-order chi connectivity index (χ0) is 15.7. The van der Waals surface area contributed by atoms with Crippen molar-refractivity contribution >= 4 is 5.78 Å². The minimum atomic E-state index is -0.573. The summed E-state index contributed by atoms with van der Waals surface area (Å²) in [5.74, 6) is 0.000995. The van der Waals surface area contributed by atoms with E-state index in [2.05, 4.69) is 13.8 Å². The van der Waals surface area contributed by atoms with Crippen LogP contribution in [0.3, 0.4) is 0 Å². The Morgan fingerprint density at radius 3 is 2.14 bits per heavy atom. The summed E-state index contributed by atoms with van der Waals surface area (Å²) in [5.41, 5.74) is 0.537. The molecule has 1 aromatic heterocycles. The molecule has 1 aromatic carbocycles. The van der Waals surface area contributed by atoms with Gasteiger partial charge in [0.25, 0.3) is 5.56 Å². The molecular formula is C16H18N2O3. The second-order valence-electron chi connectivity index (χ2n) is 5.41. The highest BCUT2D eigenvalue weighted by molar-refractivity contribution is 6.08. The molecule has 0 amide bonds. The quantitative estimate of drug-likeness (QED) is 0.802. The van der Waals surface area contributed by atoms with Crippen molar-refractivity contribution in [3.8, 4) is 0 Å². The molecule has 0 N–H and O–H groups in total. The van der Waals surface area contributed by atoms with Gasteiger partial charge in [0.2, 0.25) is 0 Å². The topological polar surface area (TPSA) is 61.1 Å². The number of nitrogens with zero attached hydrogens (tertiary/aromatic N) is 2. The van der Waals surface area contributed by atoms with Crippen LogP contribution in [0.1, 0.15) is 41.3 Å². The predicted octanol–water partition coefficient (Wildman–Crippen LogP) is 1.44. The summed E-state index contributed by atoms with van der Waals surface area (Å²) in [6.45, 7) is 4.14. The molecule has 0 aliphatic heterocycles. The van der Waals surface area contributed by atoms with Crippen LogP contribution in [0.25, 0.3) is 0 Å². The van der Waals surface area contributed by atoms with Crippen molar-refractivity contribution < 1.29 is 4.79 Å². The van der Waals surface area contributed by atoms with E-state index < -0.39 is 11.2 Å². The van der Waals surface area contributed by atoms with Crippen LogP contribution in [0.5, 0.6) is 0 Å². The zero-order valence-corrected chi connectivity index (χ0v) is 12.6. The SMILES string of the molecule is CC(C)c1ccc(C(=O)c2cn(C)c(=O)n(C)c2=O)cc1. The molecule has 21 heavy (non-hydrogen) atoms. The van der Waals surface area contributed by atoms with Crippen molar-refractivity contribution in [2.75, 3.05) is 0 Å². The fraction of sp³-hybridized carbons (Fsp3) is 0.312. The summed E-state index contributed by atoms with van der Waals surface area (Å²) in [5, 5.41) is 0. The molecule has 0 atom stereocenters. The van der Waals surface area contributed by atoms with Crippen molar-refractivity contribution in [1.29, 1.82) is 0 Å². The van der Waals surface area contributed by atoms with E-state index in [9.17, 15) is 14.4 Å². The first-order valence-electron chi connectivity index (χ1n) is 6.74. The van der Waals surface area contributed by atoms with E-state index in [1.54, 1.807) is 12.1 Å². The minimum absolute atomic E-state index is 0.00287. The van der Waals surface area contributed by atoms with Crippen LogP contribution < -0.4 is 11.2 Å². The predicted molar refractivity (Wildman–Crippen MR) is 80.9 cm³/mol. The van der Waals surface area contributed by atoms with Crippen LogP contribution in [0.2, 0.25) is 0 Å². The van der Waals surface area contributed by atoms with E-state index in [4.69, 9.17) is 0 Å². The first kappa shape index (κ1) is 15.0. The summed E-state index contributed by atoms with van der Waals surface area (Å²) in [7, 11) is 2.88. The second kappa shape index (κ2) is 5.52. The molecule has 1 heterocycles. The Balaban J connectivity index is 2.50. The third kappa shape index (κ3) is 2.72. The van der Waals surface area contributed by atoms with Gasteiger partial charge in [-0.15, -0.1) is 0 Å². The molecule has 2 aromatic rings. The Labute approximate surface area is 122 Å². The number of aromatic nitrogens is 2. The number of benzene rings is 1. The maximum atomic E-state index is 12.4. The third-order valence-electron chi connectivity index (χ3n) is 3.53. The lowest BCUT2D eigenvalue weighted by Crippen LogP contribution is -2.39. The van der Waals surface area contributed by atoms with Gasteiger partial charge in [0.1, 0.15) is 5.56 Å². The minimum Gasteiger partial charge on any atom is -0.303 e. The molecule has 5 nitrogen and oxygen atoms in total. The van der Waals surface area contributed by atoms with Gasteiger partial charge >= 0.3 is 5.69 Å². The van der Waals surface area contributed by atoms with Gasteiger partial charge in [-0.2, -0.15) is 0 Å². The van der Waals surface area contributed by atoms with Crippen molar-refractivity contribution in [2.24, 2.45) is 14.1 Å². The number of carbonyl (C=O) groups excluding carboxylic acids is 1. The molecule has 0 radical (unpaired) electrons. The first-order valence-corrected chi connectivity index (χ1v) is 6.74. The molecule has 0 bridgehead atoms. The van der Waals surface area contributed by atoms with Crippen LogP contribution in [0, 0.1) is 0 Å². The standard InChI is InChI=1S/C16H18N2O3/c1-10(2)11-5-7-12(8-6-11)14(19)13-9-17(3)16(21)18(4)15(13)20/h5-10H,1-4H3. The molecule has 0 unspecified atom stereocenters. The molecule has 5 heteroatoms. The van der Waals surface area contributed by atoms with Gasteiger partial charge in [0.15, 0.2) is 5.78 Å². The Morgan fingerprint density at radius 1 is 1.05 bits per heavy atom. The number of hydrogen-bond acceptors (Lipinski definition) is 3. The van der Waals surface area contributed by atoms with Gasteiger partial charge in [0.05, 0.1) is 0 Å². The van der Waals surface area contributed by atoms with Crippen molar-refractivity contribution in [3.05, 3.63) is 68.0 Å². The lowest BCUT2D eigenvalue weighted by atomic mass is 9.99. The van der Waals surface area contributed by atoms with Crippen molar-refractivity contribution in [1.82, 2.24) is 9.13 Å². The van der Waals surface area contributed by atoms with Crippen LogP contribution >= 0.6 is 0 Å². The molecule has 0 saturated heterocycles. The first-order chi connectivity index (χ1) is 9.82. The van der Waals surface area contributed by atoms with E-state index in [0.29, 0.717) is 11.5 Å². The average molecular weight is 286 g/mol. The van der Waals surface area contributed by atoms with E-state index in [0.717, 1.165) is 10.1 Å². The fourth-order valence-corrected chi connectivity index (χ4v) is 2.14. The summed E-state index contributed by atoms with van der Waals surface area (Å²) < 4.78 is 2.17. The van der Waals surface area contributed by atoms with Gasteiger partial charge in [-0.05, 0) is 11.5 Å². The maximum Gasteiger partial charge on any atom is 0.330 e. The number of ketones is 1. The van der Waals surface area contributed by atoms with Crippen LogP contribution in [-0.2, 0) is 14.1 Å². The van der Waals surface area contributed by atoms with Crippen molar-refractivity contribution in [3.63, 3.8) is 0 Å². The number of aryl methyl sites for hydroxylation is 1. The largest absolute Gasteiger partial charge is 0.330 e. The molecule has 0 aliphatic rings. The smallest absolute Gasteiger partial charge is 0.303 e. The fourth-order valence-electron chi connectivity index (χ4n) is 2.14. The Morgan fingerprint density at radius 2 is 1.62 bits per heavy atom. The third-order valence-corrected chi connectivity index (χ3v) is 3.53. The lowest BCUT2D eigenvalue weighted by Gasteiger charge is -2.08. The van der Waals surface area contributed by atoms with Crippen LogP contribution in [0.15, 0.2) is 40.1 Å². The molecule has 2 rings (SSSR count). The molecule has 0 saturated carbocycles. The normalized spacial score (nSPS) is 10.9. The zero-order valence-electron chi connectivity index (χ0n) is 12.6. The highest BCUT2D eigenvalue weighted by atomic mass is 16.2. The monoisotopic (exact) mass is 286 g/mol. The van der Waals surface area contributed by atoms with Gasteiger partial charge in [-0.25, -0.2) is 4.79 Å². The van der Waals surface area contributed by atoms with E-state index in [1.807, 2.05) is 12.1 Å². The van der Waals surface area contributed by atoms with Gasteiger partial charge < -0.3 is 4.57 Å². The number of carbonyl (C=O) groups is 1. The van der Waals surface area contributed by atoms with Crippen LogP contribution in [0.4, 0.5) is 0 Å². The average Bonchev–Trinajstić information content (AvgIpc) is 2.48. The summed E-state index contributed by atoms with van der Waals surface area (Å²) >= 11 is 0. The Kier molecular flexibility index (Phi) is 3.93. The highest BCUT2D eigenvalue weighted by Crippen LogP contribution is 2.15. The molecular weight excluding hydrogens is 268 g/mol. The summed E-state index contributed by atoms with van der Waals surface area (Å²) in [4.78, 5) is 36.1. The van der Waals surface area contributed by atoms with Crippen molar-refractivity contribution in [2.45, 2.75) is 19.8 Å². The molecule has 0 fully saturated rings. The van der Waals surface area contributed by atoms with E-state index in [1.165, 1.54) is 24.9 Å². The summed E-state index contributed by atoms with van der Waals surface area (Å²) in [6.07, 6.45) is 1.29. The van der Waals surface area contributed by atoms with Gasteiger partial charge in [-0.1, -0.05) is 38.1 Å². The second-order valence-corrected chi connectivity index (χ2v) is 5.41. The summed E-state index contributed by atoms with van der Waals surface area (Å²) in [6, 6.07) is 7.18. The maximum absolute atomic E-state index is 12.4. The Hall–Kier alpha value is -2.43. The molecule has 0 aliphatic carbocycles. The van der Waals surface area contributed by atoms with Gasteiger partial charge in [-0.3, -0.25) is 14.2 Å². The highest BCUT2D eigenvalue weighted by Gasteiger charge is 2.16. The van der Waals surface area contributed by atoms with E-state index >= 15 is 0 Å². The molecule has 110 valence electrons. The molecule has 0 spiro atoms. The van der Waals surface area contributed by atoms with Crippen LogP contribution in [-0.4, -0.2) is 14.9 Å².